The number of carbonyl (C=O) groups is 1. The van der Waals surface area contributed by atoms with Gasteiger partial charge in [0, 0.05) is 30.7 Å². The van der Waals surface area contributed by atoms with Gasteiger partial charge >= 0.3 is 12.2 Å². The molecule has 0 bridgehead atoms. The van der Waals surface area contributed by atoms with Crippen LogP contribution in [-0.4, -0.2) is 22.0 Å². The second-order valence-corrected chi connectivity index (χ2v) is 7.89. The van der Waals surface area contributed by atoms with E-state index in [2.05, 4.69) is 12.2 Å². The van der Waals surface area contributed by atoms with Gasteiger partial charge in [-0.3, -0.25) is 0 Å². The fourth-order valence-electron chi connectivity index (χ4n) is 3.56. The molecule has 3 aromatic rings. The number of hydrogen-bond acceptors (Lipinski definition) is 1. The van der Waals surface area contributed by atoms with E-state index in [1.165, 1.54) is 24.3 Å². The van der Waals surface area contributed by atoms with Gasteiger partial charge < -0.3 is 14.8 Å². The van der Waals surface area contributed by atoms with Crippen LogP contribution >= 0.6 is 0 Å². The second-order valence-electron chi connectivity index (χ2n) is 7.89. The molecule has 0 aliphatic rings. The lowest BCUT2D eigenvalue weighted by Crippen LogP contribution is -2.36. The minimum Gasteiger partial charge on any atom is -0.345 e. The van der Waals surface area contributed by atoms with Crippen molar-refractivity contribution in [2.24, 2.45) is 0 Å². The molecular weight excluding hydrogens is 434 g/mol. The number of hydrogen-bond donors (Lipinski definition) is 1. The molecule has 0 saturated carbocycles. The van der Waals surface area contributed by atoms with Crippen LogP contribution in [0, 0.1) is 5.82 Å². The Bertz CT molecular complexity index is 1060. The first-order chi connectivity index (χ1) is 15.8. The summed E-state index contributed by atoms with van der Waals surface area (Å²) in [5.41, 5.74) is 0.903. The van der Waals surface area contributed by atoms with Gasteiger partial charge in [-0.05, 0) is 54.4 Å². The Labute approximate surface area is 190 Å². The van der Waals surface area contributed by atoms with E-state index in [4.69, 9.17) is 0 Å². The highest BCUT2D eigenvalue weighted by Gasteiger charge is 2.30. The highest BCUT2D eigenvalue weighted by molar-refractivity contribution is 5.89. The van der Waals surface area contributed by atoms with Crippen LogP contribution in [0.25, 0.3) is 0 Å². The molecule has 0 aliphatic heterocycles. The highest BCUT2D eigenvalue weighted by Crippen LogP contribution is 2.30. The molecule has 33 heavy (non-hydrogen) atoms. The van der Waals surface area contributed by atoms with Gasteiger partial charge in [0.15, 0.2) is 0 Å². The fraction of sp³-hybridized carbons (Fsp3) is 0.320. The SMILES string of the molecule is CCCCCN(Cc1cccn1Cc1cccc(F)c1)C(=O)Nc1cccc(C(F)(F)F)c1. The Balaban J connectivity index is 1.75. The molecule has 0 unspecified atom stereocenters. The number of benzene rings is 2. The van der Waals surface area contributed by atoms with Crippen LogP contribution in [0.1, 0.15) is 43.0 Å². The quantitative estimate of drug-likeness (QED) is 0.273. The monoisotopic (exact) mass is 461 g/mol. The van der Waals surface area contributed by atoms with Crippen LogP contribution in [0.2, 0.25) is 0 Å². The third-order valence-corrected chi connectivity index (χ3v) is 5.28. The van der Waals surface area contributed by atoms with E-state index in [-0.39, 0.29) is 18.0 Å². The van der Waals surface area contributed by atoms with Crippen molar-refractivity contribution in [3.8, 4) is 0 Å². The summed E-state index contributed by atoms with van der Waals surface area (Å²) in [5, 5.41) is 2.60. The first-order valence-electron chi connectivity index (χ1n) is 10.9. The van der Waals surface area contributed by atoms with Crippen LogP contribution in [0.5, 0.6) is 0 Å². The van der Waals surface area contributed by atoms with Crippen molar-refractivity contribution in [1.82, 2.24) is 9.47 Å². The maximum Gasteiger partial charge on any atom is 0.416 e. The number of carbonyl (C=O) groups excluding carboxylic acids is 1. The Morgan fingerprint density at radius 2 is 1.82 bits per heavy atom. The van der Waals surface area contributed by atoms with Crippen LogP contribution in [0.15, 0.2) is 66.9 Å². The van der Waals surface area contributed by atoms with Gasteiger partial charge in [0.25, 0.3) is 0 Å². The highest BCUT2D eigenvalue weighted by atomic mass is 19.4. The van der Waals surface area contributed by atoms with Crippen LogP contribution in [0.4, 0.5) is 28.0 Å². The summed E-state index contributed by atoms with van der Waals surface area (Å²) in [6.45, 7) is 3.23. The van der Waals surface area contributed by atoms with Gasteiger partial charge in [0.2, 0.25) is 0 Å². The van der Waals surface area contributed by atoms with Gasteiger partial charge in [0.05, 0.1) is 12.1 Å². The van der Waals surface area contributed by atoms with Gasteiger partial charge in [-0.25, -0.2) is 9.18 Å². The molecule has 1 N–H and O–H groups in total. The summed E-state index contributed by atoms with van der Waals surface area (Å²) in [7, 11) is 0. The second kappa shape index (κ2) is 11.0. The number of unbranched alkanes of at least 4 members (excludes halogenated alkanes) is 2. The van der Waals surface area contributed by atoms with Gasteiger partial charge in [-0.15, -0.1) is 0 Å². The first-order valence-corrected chi connectivity index (χ1v) is 10.9. The van der Waals surface area contributed by atoms with Crippen molar-refractivity contribution in [2.45, 2.75) is 45.5 Å². The average Bonchev–Trinajstić information content (AvgIpc) is 3.19. The van der Waals surface area contributed by atoms with E-state index in [1.54, 1.807) is 11.0 Å². The molecule has 8 heteroatoms. The number of amides is 2. The molecule has 3 rings (SSSR count). The summed E-state index contributed by atoms with van der Waals surface area (Å²) in [4.78, 5) is 14.6. The molecule has 2 aromatic carbocycles. The summed E-state index contributed by atoms with van der Waals surface area (Å²) < 4.78 is 54.5. The van der Waals surface area contributed by atoms with E-state index in [9.17, 15) is 22.4 Å². The number of aromatic nitrogens is 1. The summed E-state index contributed by atoms with van der Waals surface area (Å²) in [6, 6.07) is 14.2. The average molecular weight is 462 g/mol. The maximum absolute atomic E-state index is 13.6. The fourth-order valence-corrected chi connectivity index (χ4v) is 3.56. The molecule has 4 nitrogen and oxygen atoms in total. The lowest BCUT2D eigenvalue weighted by molar-refractivity contribution is -0.137. The molecule has 0 fully saturated rings. The van der Waals surface area contributed by atoms with E-state index >= 15 is 0 Å². The molecule has 0 radical (unpaired) electrons. The lowest BCUT2D eigenvalue weighted by Gasteiger charge is -2.24. The van der Waals surface area contributed by atoms with Crippen molar-refractivity contribution >= 4 is 11.7 Å². The number of anilines is 1. The third kappa shape index (κ3) is 7.10. The van der Waals surface area contributed by atoms with Crippen molar-refractivity contribution in [1.29, 1.82) is 0 Å². The molecule has 1 heterocycles. The lowest BCUT2D eigenvalue weighted by atomic mass is 10.2. The zero-order valence-electron chi connectivity index (χ0n) is 18.4. The predicted octanol–water partition coefficient (Wildman–Crippen LogP) is 6.92. The number of alkyl halides is 3. The van der Waals surface area contributed by atoms with Crippen molar-refractivity contribution < 1.29 is 22.4 Å². The van der Waals surface area contributed by atoms with Gasteiger partial charge in [0.1, 0.15) is 5.82 Å². The Morgan fingerprint density at radius 3 is 2.55 bits per heavy atom. The van der Waals surface area contributed by atoms with E-state index in [0.717, 1.165) is 42.7 Å². The molecule has 0 saturated heterocycles. The van der Waals surface area contributed by atoms with Gasteiger partial charge in [-0.1, -0.05) is 38.0 Å². The van der Waals surface area contributed by atoms with Crippen LogP contribution in [0.3, 0.4) is 0 Å². The van der Waals surface area contributed by atoms with Crippen molar-refractivity contribution in [3.05, 3.63) is 89.5 Å². The normalized spacial score (nSPS) is 11.4. The number of rotatable bonds is 9. The third-order valence-electron chi connectivity index (χ3n) is 5.28. The predicted molar refractivity (Wildman–Crippen MR) is 120 cm³/mol. The van der Waals surface area contributed by atoms with E-state index in [0.29, 0.717) is 13.1 Å². The van der Waals surface area contributed by atoms with Crippen LogP contribution in [-0.2, 0) is 19.3 Å². The summed E-state index contributed by atoms with van der Waals surface area (Å²) in [6.07, 6.45) is 0.0439. The van der Waals surface area contributed by atoms with Crippen molar-refractivity contribution in [2.75, 3.05) is 11.9 Å². The molecule has 1 aromatic heterocycles. The van der Waals surface area contributed by atoms with Gasteiger partial charge in [-0.2, -0.15) is 13.2 Å². The zero-order chi connectivity index (χ0) is 23.8. The first kappa shape index (κ1) is 24.4. The minimum atomic E-state index is -4.49. The zero-order valence-corrected chi connectivity index (χ0v) is 18.4. The standard InChI is InChI=1S/C25H27F4N3O/c1-2-3-4-13-32(24(33)30-22-11-6-9-20(16-22)25(27,28)29)18-23-12-7-14-31(23)17-19-8-5-10-21(26)15-19/h5-12,14-16H,2-4,13,17-18H2,1H3,(H,30,33). The molecule has 0 spiro atoms. The number of nitrogens with zero attached hydrogens (tertiary/aromatic N) is 2. The maximum atomic E-state index is 13.6. The Kier molecular flexibility index (Phi) is 8.14. The molecule has 2 amide bonds. The van der Waals surface area contributed by atoms with E-state index < -0.39 is 17.8 Å². The molecular formula is C25H27F4N3O. The molecule has 0 atom stereocenters. The smallest absolute Gasteiger partial charge is 0.345 e. The summed E-state index contributed by atoms with van der Waals surface area (Å²) in [5.74, 6) is -0.317. The number of urea groups is 1. The molecule has 176 valence electrons. The summed E-state index contributed by atoms with van der Waals surface area (Å²) >= 11 is 0. The van der Waals surface area contributed by atoms with Crippen molar-refractivity contribution in [3.63, 3.8) is 0 Å². The Hall–Kier alpha value is -3.29. The number of halogens is 4. The minimum absolute atomic E-state index is 0.0884. The molecule has 0 aliphatic carbocycles. The number of nitrogens with one attached hydrogen (secondary N) is 1. The van der Waals surface area contributed by atoms with E-state index in [1.807, 2.05) is 29.0 Å². The largest absolute Gasteiger partial charge is 0.416 e. The van der Waals surface area contributed by atoms with Crippen LogP contribution < -0.4 is 5.32 Å². The Morgan fingerprint density at radius 1 is 1.03 bits per heavy atom. The topological polar surface area (TPSA) is 37.3 Å².